The monoisotopic (exact) mass is 347 g/mol. The quantitative estimate of drug-likeness (QED) is 0.716. The van der Waals surface area contributed by atoms with Gasteiger partial charge in [0.25, 0.3) is 5.56 Å². The van der Waals surface area contributed by atoms with Gasteiger partial charge in [0, 0.05) is 36.3 Å². The molecule has 1 amide bonds. The van der Waals surface area contributed by atoms with Gasteiger partial charge in [0.1, 0.15) is 10.7 Å². The molecule has 24 heavy (non-hydrogen) atoms. The highest BCUT2D eigenvalue weighted by Gasteiger charge is 2.20. The van der Waals surface area contributed by atoms with Gasteiger partial charge in [-0.2, -0.15) is 0 Å². The lowest BCUT2D eigenvalue weighted by Crippen LogP contribution is -2.33. The van der Waals surface area contributed by atoms with E-state index in [4.69, 9.17) is 5.11 Å². The Morgan fingerprint density at radius 1 is 1.46 bits per heavy atom. The van der Waals surface area contributed by atoms with Crippen LogP contribution in [0.1, 0.15) is 29.1 Å². The van der Waals surface area contributed by atoms with E-state index in [9.17, 15) is 9.59 Å². The normalized spacial score (nSPS) is 20.0. The van der Waals surface area contributed by atoms with E-state index in [1.807, 2.05) is 26.0 Å². The molecule has 2 aromatic rings. The maximum Gasteiger partial charge on any atom is 0.259 e. The van der Waals surface area contributed by atoms with Gasteiger partial charge in [-0.25, -0.2) is 4.98 Å². The van der Waals surface area contributed by atoms with Crippen molar-refractivity contribution in [2.45, 2.75) is 39.2 Å². The number of aromatic amines is 1. The van der Waals surface area contributed by atoms with Crippen LogP contribution in [-0.2, 0) is 11.2 Å². The minimum Gasteiger partial charge on any atom is -0.396 e. The Kier molecular flexibility index (Phi) is 4.82. The number of hydrogen-bond acceptors (Lipinski definition) is 5. The van der Waals surface area contributed by atoms with Gasteiger partial charge in [-0.15, -0.1) is 11.3 Å². The Labute approximate surface area is 143 Å². The van der Waals surface area contributed by atoms with Crippen LogP contribution in [0.3, 0.4) is 0 Å². The summed E-state index contributed by atoms with van der Waals surface area (Å²) in [6.07, 6.45) is 5.25. The van der Waals surface area contributed by atoms with Crippen molar-refractivity contribution in [3.05, 3.63) is 38.8 Å². The van der Waals surface area contributed by atoms with Crippen LogP contribution in [0.2, 0.25) is 0 Å². The molecule has 1 aliphatic rings. The third-order valence-corrected chi connectivity index (χ3v) is 5.53. The maximum atomic E-state index is 12.2. The van der Waals surface area contributed by atoms with Gasteiger partial charge >= 0.3 is 0 Å². The number of nitrogens with zero attached hydrogens (tertiary/aromatic N) is 1. The minimum absolute atomic E-state index is 0.0215. The molecular weight excluding hydrogens is 326 g/mol. The Bertz CT molecular complexity index is 853. The van der Waals surface area contributed by atoms with Gasteiger partial charge in [-0.1, -0.05) is 12.2 Å². The first kappa shape index (κ1) is 16.9. The molecular formula is C17H21N3O3S. The van der Waals surface area contributed by atoms with E-state index in [1.54, 1.807) is 0 Å². The van der Waals surface area contributed by atoms with Crippen LogP contribution in [-0.4, -0.2) is 33.6 Å². The number of aliphatic hydroxyl groups is 1. The fraction of sp³-hybridized carbons (Fsp3) is 0.471. The number of carbonyl (C=O) groups excluding carboxylic acids is 1. The first-order chi connectivity index (χ1) is 11.5. The van der Waals surface area contributed by atoms with Crippen molar-refractivity contribution in [1.29, 1.82) is 0 Å². The molecule has 0 spiro atoms. The highest BCUT2D eigenvalue weighted by atomic mass is 32.1. The molecule has 3 rings (SSSR count). The summed E-state index contributed by atoms with van der Waals surface area (Å²) in [6.45, 7) is 4.00. The Morgan fingerprint density at radius 3 is 2.96 bits per heavy atom. The topological polar surface area (TPSA) is 95.1 Å². The van der Waals surface area contributed by atoms with Crippen molar-refractivity contribution < 1.29 is 9.90 Å². The molecule has 6 nitrogen and oxygen atoms in total. The van der Waals surface area contributed by atoms with E-state index < -0.39 is 0 Å². The molecule has 2 heterocycles. The summed E-state index contributed by atoms with van der Waals surface area (Å²) in [5, 5.41) is 12.7. The summed E-state index contributed by atoms with van der Waals surface area (Å²) in [4.78, 5) is 33.3. The molecule has 0 saturated carbocycles. The highest BCUT2D eigenvalue weighted by molar-refractivity contribution is 7.18. The fourth-order valence-corrected chi connectivity index (χ4v) is 3.99. The number of thiophene rings is 1. The summed E-state index contributed by atoms with van der Waals surface area (Å²) in [7, 11) is 0. The van der Waals surface area contributed by atoms with Crippen molar-refractivity contribution >= 4 is 27.5 Å². The number of aryl methyl sites for hydroxylation is 3. The van der Waals surface area contributed by atoms with E-state index in [-0.39, 0.29) is 36.5 Å². The van der Waals surface area contributed by atoms with Gasteiger partial charge in [0.05, 0.1) is 5.39 Å². The third-order valence-electron chi connectivity index (χ3n) is 4.43. The predicted octanol–water partition coefficient (Wildman–Crippen LogP) is 1.59. The number of nitrogens with one attached hydrogen (secondary N) is 2. The second-order valence-corrected chi connectivity index (χ2v) is 7.42. The van der Waals surface area contributed by atoms with E-state index in [1.165, 1.54) is 11.3 Å². The molecule has 3 N–H and O–H groups in total. The summed E-state index contributed by atoms with van der Waals surface area (Å²) in [5.74, 6) is 0.588. The summed E-state index contributed by atoms with van der Waals surface area (Å²) >= 11 is 1.51. The molecule has 7 heteroatoms. The number of amides is 1. The zero-order valence-electron chi connectivity index (χ0n) is 13.8. The number of carbonyl (C=O) groups is 1. The minimum atomic E-state index is -0.137. The van der Waals surface area contributed by atoms with Crippen molar-refractivity contribution in [2.24, 2.45) is 5.92 Å². The van der Waals surface area contributed by atoms with Gasteiger partial charge in [0.15, 0.2) is 0 Å². The Hall–Kier alpha value is -1.99. The van der Waals surface area contributed by atoms with Gasteiger partial charge in [0.2, 0.25) is 5.91 Å². The lowest BCUT2D eigenvalue weighted by atomic mass is 10.1. The molecule has 2 atom stereocenters. The number of fused-ring (bicyclic) bond motifs is 1. The van der Waals surface area contributed by atoms with Crippen LogP contribution >= 0.6 is 11.3 Å². The zero-order chi connectivity index (χ0) is 17.3. The van der Waals surface area contributed by atoms with Crippen molar-refractivity contribution in [3.63, 3.8) is 0 Å². The van der Waals surface area contributed by atoms with E-state index in [0.717, 1.165) is 21.7 Å². The van der Waals surface area contributed by atoms with E-state index in [2.05, 4.69) is 15.3 Å². The van der Waals surface area contributed by atoms with Crippen LogP contribution in [0.15, 0.2) is 16.9 Å². The van der Waals surface area contributed by atoms with Gasteiger partial charge < -0.3 is 15.4 Å². The molecule has 1 aliphatic carbocycles. The first-order valence-corrected chi connectivity index (χ1v) is 8.87. The summed E-state index contributed by atoms with van der Waals surface area (Å²) in [6, 6.07) is -0.0215. The van der Waals surface area contributed by atoms with E-state index >= 15 is 0 Å². The molecule has 0 aromatic carbocycles. The number of rotatable bonds is 5. The fourth-order valence-electron chi connectivity index (χ4n) is 2.95. The maximum absolute atomic E-state index is 12.2. The molecule has 0 fully saturated rings. The average Bonchev–Trinajstić information content (AvgIpc) is 3.10. The molecule has 0 aliphatic heterocycles. The average molecular weight is 347 g/mol. The zero-order valence-corrected chi connectivity index (χ0v) is 14.6. The Morgan fingerprint density at radius 2 is 2.25 bits per heavy atom. The van der Waals surface area contributed by atoms with Crippen LogP contribution in [0.5, 0.6) is 0 Å². The molecule has 0 unspecified atom stereocenters. The standard InChI is InChI=1S/C17H21N3O3S/c1-9-10(2)24-17-15(9)16(23)19-13(20-17)5-6-14(22)18-12-4-3-11(7-12)8-21/h3-4,11-12,21H,5-8H2,1-2H3,(H,18,22)(H,19,20,23)/t11-,12+/m0/s1. The smallest absolute Gasteiger partial charge is 0.259 e. The highest BCUT2D eigenvalue weighted by Crippen LogP contribution is 2.25. The van der Waals surface area contributed by atoms with Crippen molar-refractivity contribution in [1.82, 2.24) is 15.3 Å². The molecule has 2 aromatic heterocycles. The number of H-pyrrole nitrogens is 1. The largest absolute Gasteiger partial charge is 0.396 e. The number of aromatic nitrogens is 2. The van der Waals surface area contributed by atoms with Crippen LogP contribution < -0.4 is 10.9 Å². The number of aliphatic hydroxyl groups excluding tert-OH is 1. The molecule has 0 bridgehead atoms. The molecule has 0 radical (unpaired) electrons. The van der Waals surface area contributed by atoms with Crippen LogP contribution in [0.4, 0.5) is 0 Å². The first-order valence-electron chi connectivity index (χ1n) is 8.05. The Balaban J connectivity index is 1.62. The van der Waals surface area contributed by atoms with Gasteiger partial charge in [-0.05, 0) is 25.8 Å². The summed E-state index contributed by atoms with van der Waals surface area (Å²) < 4.78 is 0. The van der Waals surface area contributed by atoms with Crippen molar-refractivity contribution in [3.8, 4) is 0 Å². The van der Waals surface area contributed by atoms with Crippen LogP contribution in [0.25, 0.3) is 10.2 Å². The van der Waals surface area contributed by atoms with Crippen molar-refractivity contribution in [2.75, 3.05) is 6.61 Å². The SMILES string of the molecule is Cc1sc2nc(CCC(=O)N[C@@H]3C=C[C@H](CO)C3)[nH]c(=O)c2c1C. The van der Waals surface area contributed by atoms with Crippen LogP contribution in [0, 0.1) is 19.8 Å². The van der Waals surface area contributed by atoms with E-state index in [0.29, 0.717) is 17.6 Å². The third kappa shape index (κ3) is 3.42. The second-order valence-electron chi connectivity index (χ2n) is 6.21. The molecule has 0 saturated heterocycles. The second kappa shape index (κ2) is 6.86. The number of hydrogen-bond donors (Lipinski definition) is 3. The lowest BCUT2D eigenvalue weighted by molar-refractivity contribution is -0.121. The predicted molar refractivity (Wildman–Crippen MR) is 94.3 cm³/mol. The lowest BCUT2D eigenvalue weighted by Gasteiger charge is -2.12. The molecule has 128 valence electrons. The van der Waals surface area contributed by atoms with Gasteiger partial charge in [-0.3, -0.25) is 9.59 Å². The summed E-state index contributed by atoms with van der Waals surface area (Å²) in [5.41, 5.74) is 0.835.